The fraction of sp³-hybridized carbons (Fsp3) is 0.154. The van der Waals surface area contributed by atoms with Crippen LogP contribution >= 0.6 is 23.1 Å². The Kier molecular flexibility index (Phi) is 3.12. The van der Waals surface area contributed by atoms with E-state index in [-0.39, 0.29) is 0 Å². The molecule has 7 heteroatoms. The lowest BCUT2D eigenvalue weighted by Crippen LogP contribution is -1.92. The van der Waals surface area contributed by atoms with Crippen molar-refractivity contribution < 1.29 is 0 Å². The van der Waals surface area contributed by atoms with Gasteiger partial charge in [0.1, 0.15) is 16.7 Å². The van der Waals surface area contributed by atoms with Gasteiger partial charge in [0.05, 0.1) is 15.9 Å². The van der Waals surface area contributed by atoms with Crippen molar-refractivity contribution in [1.29, 1.82) is 5.26 Å². The minimum atomic E-state index is 0.608. The molecule has 0 aliphatic heterocycles. The molecule has 3 aromatic rings. The molecule has 0 saturated carbocycles. The molecule has 0 atom stereocenters. The molecule has 20 heavy (non-hydrogen) atoms. The largest absolute Gasteiger partial charge is 0.399 e. The van der Waals surface area contributed by atoms with Crippen LogP contribution < -0.4 is 5.73 Å². The van der Waals surface area contributed by atoms with Gasteiger partial charge in [-0.2, -0.15) is 10.4 Å². The van der Waals surface area contributed by atoms with E-state index in [1.807, 2.05) is 32.2 Å². The third-order valence-electron chi connectivity index (χ3n) is 2.86. The number of nitrogen functional groups attached to an aromatic ring is 1. The summed E-state index contributed by atoms with van der Waals surface area (Å²) in [5, 5.41) is 14.3. The van der Waals surface area contributed by atoms with Gasteiger partial charge in [-0.3, -0.25) is 4.68 Å². The Bertz CT molecular complexity index is 840. The molecule has 0 unspecified atom stereocenters. The Morgan fingerprint density at radius 3 is 3.00 bits per heavy atom. The summed E-state index contributed by atoms with van der Waals surface area (Å²) in [5.74, 6) is 0. The van der Waals surface area contributed by atoms with Crippen LogP contribution in [0.15, 0.2) is 27.6 Å². The van der Waals surface area contributed by atoms with E-state index in [4.69, 9.17) is 5.73 Å². The standard InChI is InChI=1S/C13H11N5S2/c1-7-9(6-14)12(18(2)17-7)20-13-16-10-4-3-8(15)5-11(10)19-13/h3-5H,15H2,1-2H3. The second kappa shape index (κ2) is 4.81. The average molecular weight is 301 g/mol. The van der Waals surface area contributed by atoms with Crippen LogP contribution in [0.1, 0.15) is 11.3 Å². The molecule has 2 N–H and O–H groups in total. The minimum Gasteiger partial charge on any atom is -0.399 e. The molecule has 0 fully saturated rings. The lowest BCUT2D eigenvalue weighted by molar-refractivity contribution is 0.691. The van der Waals surface area contributed by atoms with Gasteiger partial charge in [-0.1, -0.05) is 0 Å². The maximum Gasteiger partial charge on any atom is 0.157 e. The predicted octanol–water partition coefficient (Wildman–Crippen LogP) is 2.94. The molecule has 0 aliphatic carbocycles. The molecule has 1 aromatic carbocycles. The zero-order chi connectivity index (χ0) is 14.3. The first-order valence-electron chi connectivity index (χ1n) is 5.86. The topological polar surface area (TPSA) is 80.5 Å². The summed E-state index contributed by atoms with van der Waals surface area (Å²) in [7, 11) is 1.83. The number of benzene rings is 1. The van der Waals surface area contributed by atoms with Crippen LogP contribution in [-0.2, 0) is 7.05 Å². The van der Waals surface area contributed by atoms with Crippen LogP contribution in [0.4, 0.5) is 5.69 Å². The van der Waals surface area contributed by atoms with Crippen LogP contribution in [0.25, 0.3) is 10.2 Å². The molecule has 0 aliphatic rings. The number of aryl methyl sites for hydroxylation is 2. The third kappa shape index (κ3) is 2.13. The van der Waals surface area contributed by atoms with Crippen molar-refractivity contribution in [2.45, 2.75) is 16.3 Å². The number of nitrogens with two attached hydrogens (primary N) is 1. The van der Waals surface area contributed by atoms with E-state index in [0.717, 1.165) is 31.0 Å². The fourth-order valence-electron chi connectivity index (χ4n) is 1.93. The van der Waals surface area contributed by atoms with E-state index in [1.54, 1.807) is 16.0 Å². The molecule has 0 spiro atoms. The number of nitriles is 1. The highest BCUT2D eigenvalue weighted by molar-refractivity contribution is 8.01. The Morgan fingerprint density at radius 2 is 2.25 bits per heavy atom. The van der Waals surface area contributed by atoms with E-state index in [1.165, 1.54) is 11.8 Å². The van der Waals surface area contributed by atoms with Gasteiger partial charge in [0.2, 0.25) is 0 Å². The van der Waals surface area contributed by atoms with Crippen molar-refractivity contribution in [2.24, 2.45) is 7.05 Å². The molecule has 5 nitrogen and oxygen atoms in total. The van der Waals surface area contributed by atoms with Gasteiger partial charge in [0.15, 0.2) is 4.34 Å². The van der Waals surface area contributed by atoms with Crippen LogP contribution in [0.2, 0.25) is 0 Å². The summed E-state index contributed by atoms with van der Waals surface area (Å²) >= 11 is 3.03. The van der Waals surface area contributed by atoms with Crippen molar-refractivity contribution in [2.75, 3.05) is 5.73 Å². The first-order chi connectivity index (χ1) is 9.58. The first-order valence-corrected chi connectivity index (χ1v) is 7.49. The number of hydrogen-bond donors (Lipinski definition) is 1. The molecule has 3 rings (SSSR count). The van der Waals surface area contributed by atoms with Gasteiger partial charge in [-0.15, -0.1) is 11.3 Å². The van der Waals surface area contributed by atoms with Crippen molar-refractivity contribution in [3.63, 3.8) is 0 Å². The Morgan fingerprint density at radius 1 is 1.45 bits per heavy atom. The molecule has 0 radical (unpaired) electrons. The maximum absolute atomic E-state index is 9.22. The summed E-state index contributed by atoms with van der Waals surface area (Å²) in [4.78, 5) is 4.55. The normalized spacial score (nSPS) is 10.8. The summed E-state index contributed by atoms with van der Waals surface area (Å²) in [6, 6.07) is 7.86. The number of thiazole rings is 1. The number of anilines is 1. The molecule has 0 amide bonds. The second-order valence-electron chi connectivity index (χ2n) is 4.31. The smallest absolute Gasteiger partial charge is 0.157 e. The number of hydrogen-bond acceptors (Lipinski definition) is 6. The lowest BCUT2D eigenvalue weighted by Gasteiger charge is -1.98. The van der Waals surface area contributed by atoms with Gasteiger partial charge in [-0.05, 0) is 36.9 Å². The van der Waals surface area contributed by atoms with Gasteiger partial charge < -0.3 is 5.73 Å². The highest BCUT2D eigenvalue weighted by Crippen LogP contribution is 2.36. The average Bonchev–Trinajstić information content (AvgIpc) is 2.90. The zero-order valence-electron chi connectivity index (χ0n) is 10.9. The van der Waals surface area contributed by atoms with Gasteiger partial charge in [0.25, 0.3) is 0 Å². The maximum atomic E-state index is 9.22. The predicted molar refractivity (Wildman–Crippen MR) is 80.8 cm³/mol. The zero-order valence-corrected chi connectivity index (χ0v) is 12.5. The second-order valence-corrected chi connectivity index (χ2v) is 6.58. The monoisotopic (exact) mass is 301 g/mol. The van der Waals surface area contributed by atoms with Crippen LogP contribution in [-0.4, -0.2) is 14.8 Å². The Labute approximate surface area is 124 Å². The van der Waals surface area contributed by atoms with Crippen LogP contribution in [0.3, 0.4) is 0 Å². The van der Waals surface area contributed by atoms with Gasteiger partial charge in [0, 0.05) is 12.7 Å². The van der Waals surface area contributed by atoms with Crippen molar-refractivity contribution >= 4 is 39.0 Å². The number of nitrogens with zero attached hydrogens (tertiary/aromatic N) is 4. The van der Waals surface area contributed by atoms with Crippen molar-refractivity contribution in [1.82, 2.24) is 14.8 Å². The molecule has 100 valence electrons. The number of rotatable bonds is 2. The molecular weight excluding hydrogens is 290 g/mol. The fourth-order valence-corrected chi connectivity index (χ4v) is 4.13. The van der Waals surface area contributed by atoms with E-state index < -0.39 is 0 Å². The molecular formula is C13H11N5S2. The summed E-state index contributed by atoms with van der Waals surface area (Å²) < 4.78 is 3.65. The van der Waals surface area contributed by atoms with Gasteiger partial charge in [-0.25, -0.2) is 4.98 Å². The van der Waals surface area contributed by atoms with E-state index in [9.17, 15) is 5.26 Å². The Balaban J connectivity index is 2.03. The number of fused-ring (bicyclic) bond motifs is 1. The number of aromatic nitrogens is 3. The summed E-state index contributed by atoms with van der Waals surface area (Å²) in [6.45, 7) is 1.83. The van der Waals surface area contributed by atoms with Crippen LogP contribution in [0.5, 0.6) is 0 Å². The van der Waals surface area contributed by atoms with Crippen molar-refractivity contribution in [3.05, 3.63) is 29.5 Å². The van der Waals surface area contributed by atoms with E-state index in [2.05, 4.69) is 16.2 Å². The molecule has 0 bridgehead atoms. The van der Waals surface area contributed by atoms with E-state index >= 15 is 0 Å². The molecule has 0 saturated heterocycles. The molecule has 2 aromatic heterocycles. The van der Waals surface area contributed by atoms with E-state index in [0.29, 0.717) is 5.56 Å². The SMILES string of the molecule is Cc1nn(C)c(Sc2nc3ccc(N)cc3s2)c1C#N. The summed E-state index contributed by atoms with van der Waals surface area (Å²) in [6.07, 6.45) is 0. The highest BCUT2D eigenvalue weighted by Gasteiger charge is 2.16. The first kappa shape index (κ1) is 13.0. The third-order valence-corrected chi connectivity index (χ3v) is 5.10. The lowest BCUT2D eigenvalue weighted by atomic mass is 10.3. The Hall–Kier alpha value is -2.04. The molecule has 2 heterocycles. The summed E-state index contributed by atoms with van der Waals surface area (Å²) in [5.41, 5.74) is 8.77. The minimum absolute atomic E-state index is 0.608. The van der Waals surface area contributed by atoms with Gasteiger partial charge >= 0.3 is 0 Å². The highest BCUT2D eigenvalue weighted by atomic mass is 32.2. The quantitative estimate of drug-likeness (QED) is 0.736. The van der Waals surface area contributed by atoms with Crippen LogP contribution in [0, 0.1) is 18.3 Å². The van der Waals surface area contributed by atoms with Crippen molar-refractivity contribution in [3.8, 4) is 6.07 Å².